The van der Waals surface area contributed by atoms with Crippen LogP contribution in [0, 0.1) is 5.92 Å². The van der Waals surface area contributed by atoms with Crippen LogP contribution in [0.2, 0.25) is 0 Å². The Labute approximate surface area is 99.1 Å². The lowest BCUT2D eigenvalue weighted by Crippen LogP contribution is -2.37. The van der Waals surface area contributed by atoms with Crippen LogP contribution in [0.3, 0.4) is 0 Å². The van der Waals surface area contributed by atoms with E-state index in [1.165, 1.54) is 25.7 Å². The monoisotopic (exact) mass is 227 g/mol. The van der Waals surface area contributed by atoms with Crippen molar-refractivity contribution in [2.75, 3.05) is 20.7 Å². The molecule has 94 valence electrons. The molecular weight excluding hydrogens is 202 g/mol. The summed E-state index contributed by atoms with van der Waals surface area (Å²) >= 11 is 0. The molecular formula is C13H25NO2. The number of carbonyl (C=O) groups excluding carboxylic acids is 1. The summed E-state index contributed by atoms with van der Waals surface area (Å²) in [5, 5.41) is 0. The highest BCUT2D eigenvalue weighted by molar-refractivity contribution is 5.69. The quantitative estimate of drug-likeness (QED) is 0.676. The molecule has 0 amide bonds. The summed E-state index contributed by atoms with van der Waals surface area (Å²) in [4.78, 5) is 13.6. The number of ether oxygens (including phenoxy) is 1. The zero-order valence-electron chi connectivity index (χ0n) is 10.9. The Hall–Kier alpha value is -0.570. The van der Waals surface area contributed by atoms with Crippen LogP contribution in [-0.4, -0.2) is 37.6 Å². The molecule has 0 aliphatic heterocycles. The number of esters is 1. The normalized spacial score (nSPS) is 25.8. The summed E-state index contributed by atoms with van der Waals surface area (Å²) in [6.45, 7) is 2.36. The van der Waals surface area contributed by atoms with Crippen molar-refractivity contribution in [1.82, 2.24) is 4.90 Å². The number of nitrogens with zero attached hydrogens (tertiary/aromatic N) is 1. The fourth-order valence-corrected chi connectivity index (χ4v) is 2.74. The van der Waals surface area contributed by atoms with E-state index in [0.717, 1.165) is 6.42 Å². The highest BCUT2D eigenvalue weighted by atomic mass is 16.5. The van der Waals surface area contributed by atoms with Gasteiger partial charge in [-0.2, -0.15) is 0 Å². The predicted molar refractivity (Wildman–Crippen MR) is 65.3 cm³/mol. The lowest BCUT2D eigenvalue weighted by atomic mass is 9.81. The summed E-state index contributed by atoms with van der Waals surface area (Å²) in [6, 6.07) is 0.656. The van der Waals surface area contributed by atoms with Crippen LogP contribution < -0.4 is 0 Å². The lowest BCUT2D eigenvalue weighted by Gasteiger charge is -2.36. The van der Waals surface area contributed by atoms with Gasteiger partial charge in [-0.3, -0.25) is 4.79 Å². The van der Waals surface area contributed by atoms with E-state index in [1.807, 2.05) is 6.92 Å². The number of rotatable bonds is 5. The van der Waals surface area contributed by atoms with Crippen LogP contribution in [0.1, 0.15) is 45.4 Å². The first-order chi connectivity index (χ1) is 7.65. The Morgan fingerprint density at radius 2 is 2.00 bits per heavy atom. The minimum Gasteiger partial charge on any atom is -0.466 e. The minimum atomic E-state index is -0.0365. The third kappa shape index (κ3) is 4.12. The van der Waals surface area contributed by atoms with Gasteiger partial charge in [0, 0.05) is 12.5 Å². The summed E-state index contributed by atoms with van der Waals surface area (Å²) in [5.41, 5.74) is 0. The van der Waals surface area contributed by atoms with E-state index in [4.69, 9.17) is 4.74 Å². The van der Waals surface area contributed by atoms with Crippen molar-refractivity contribution in [3.63, 3.8) is 0 Å². The maximum Gasteiger partial charge on any atom is 0.305 e. The highest BCUT2D eigenvalue weighted by Crippen LogP contribution is 2.30. The summed E-state index contributed by atoms with van der Waals surface area (Å²) in [5.74, 6) is 0.638. The Kier molecular flexibility index (Phi) is 5.81. The summed E-state index contributed by atoms with van der Waals surface area (Å²) in [6.07, 6.45) is 6.77. The van der Waals surface area contributed by atoms with E-state index < -0.39 is 0 Å². The molecule has 16 heavy (non-hydrogen) atoms. The van der Waals surface area contributed by atoms with Crippen LogP contribution in [-0.2, 0) is 9.53 Å². The Morgan fingerprint density at radius 3 is 2.62 bits per heavy atom. The maximum atomic E-state index is 11.3. The maximum absolute atomic E-state index is 11.3. The van der Waals surface area contributed by atoms with Gasteiger partial charge in [0.25, 0.3) is 0 Å². The molecule has 0 heterocycles. The van der Waals surface area contributed by atoms with Crippen molar-refractivity contribution in [3.8, 4) is 0 Å². The van der Waals surface area contributed by atoms with Crippen LogP contribution in [0.5, 0.6) is 0 Å². The van der Waals surface area contributed by atoms with E-state index >= 15 is 0 Å². The molecule has 0 spiro atoms. The fourth-order valence-electron chi connectivity index (χ4n) is 2.74. The van der Waals surface area contributed by atoms with Crippen molar-refractivity contribution in [2.45, 2.75) is 51.5 Å². The van der Waals surface area contributed by atoms with Gasteiger partial charge >= 0.3 is 5.97 Å². The summed E-state index contributed by atoms with van der Waals surface area (Å²) in [7, 11) is 4.29. The van der Waals surface area contributed by atoms with E-state index in [-0.39, 0.29) is 5.97 Å². The van der Waals surface area contributed by atoms with Crippen molar-refractivity contribution in [2.24, 2.45) is 5.92 Å². The number of hydrogen-bond donors (Lipinski definition) is 0. The molecule has 0 aromatic rings. The molecule has 1 saturated carbocycles. The number of carbonyl (C=O) groups is 1. The van der Waals surface area contributed by atoms with Gasteiger partial charge in [-0.15, -0.1) is 0 Å². The molecule has 0 N–H and O–H groups in total. The molecule has 0 radical (unpaired) electrons. The van der Waals surface area contributed by atoms with Gasteiger partial charge in [-0.1, -0.05) is 12.8 Å². The Morgan fingerprint density at radius 1 is 1.31 bits per heavy atom. The fraction of sp³-hybridized carbons (Fsp3) is 0.923. The molecule has 0 aromatic carbocycles. The average Bonchev–Trinajstić information content (AvgIpc) is 2.27. The molecule has 2 atom stereocenters. The Bertz CT molecular complexity index is 216. The van der Waals surface area contributed by atoms with E-state index in [0.29, 0.717) is 25.0 Å². The largest absolute Gasteiger partial charge is 0.466 e. The lowest BCUT2D eigenvalue weighted by molar-refractivity contribution is -0.143. The van der Waals surface area contributed by atoms with Crippen molar-refractivity contribution < 1.29 is 9.53 Å². The third-order valence-electron chi connectivity index (χ3n) is 3.56. The topological polar surface area (TPSA) is 29.5 Å². The first-order valence-electron chi connectivity index (χ1n) is 6.47. The SMILES string of the molecule is CCOC(=O)CC[C@H]1CCCC[C@@H]1N(C)C. The van der Waals surface area contributed by atoms with Crippen LogP contribution in [0.4, 0.5) is 0 Å². The van der Waals surface area contributed by atoms with E-state index in [2.05, 4.69) is 19.0 Å². The molecule has 3 nitrogen and oxygen atoms in total. The van der Waals surface area contributed by atoms with Gasteiger partial charge in [-0.25, -0.2) is 0 Å². The number of hydrogen-bond acceptors (Lipinski definition) is 3. The predicted octanol–water partition coefficient (Wildman–Crippen LogP) is 2.45. The standard InChI is InChI=1S/C13H25NO2/c1-4-16-13(15)10-9-11-7-5-6-8-12(11)14(2)3/h11-12H,4-10H2,1-3H3/t11-,12+/m1/s1. The average molecular weight is 227 g/mol. The third-order valence-corrected chi connectivity index (χ3v) is 3.56. The summed E-state index contributed by atoms with van der Waals surface area (Å²) < 4.78 is 4.98. The highest BCUT2D eigenvalue weighted by Gasteiger charge is 2.26. The molecule has 1 aliphatic carbocycles. The van der Waals surface area contributed by atoms with Gasteiger partial charge < -0.3 is 9.64 Å². The van der Waals surface area contributed by atoms with Crippen LogP contribution in [0.15, 0.2) is 0 Å². The van der Waals surface area contributed by atoms with Gasteiger partial charge in [0.2, 0.25) is 0 Å². The molecule has 0 unspecified atom stereocenters. The minimum absolute atomic E-state index is 0.0365. The van der Waals surface area contributed by atoms with Gasteiger partial charge in [0.05, 0.1) is 6.61 Å². The zero-order chi connectivity index (χ0) is 12.0. The molecule has 0 saturated heterocycles. The molecule has 0 bridgehead atoms. The zero-order valence-corrected chi connectivity index (χ0v) is 10.9. The molecule has 0 aromatic heterocycles. The first-order valence-corrected chi connectivity index (χ1v) is 6.47. The van der Waals surface area contributed by atoms with Crippen molar-refractivity contribution >= 4 is 5.97 Å². The second-order valence-electron chi connectivity index (χ2n) is 4.92. The van der Waals surface area contributed by atoms with E-state index in [9.17, 15) is 4.79 Å². The Balaban J connectivity index is 2.35. The second kappa shape index (κ2) is 6.89. The first kappa shape index (κ1) is 13.5. The smallest absolute Gasteiger partial charge is 0.305 e. The van der Waals surface area contributed by atoms with Crippen LogP contribution in [0.25, 0.3) is 0 Å². The van der Waals surface area contributed by atoms with Crippen LogP contribution >= 0.6 is 0 Å². The second-order valence-corrected chi connectivity index (χ2v) is 4.92. The molecule has 1 fully saturated rings. The van der Waals surface area contributed by atoms with Gasteiger partial charge in [0.15, 0.2) is 0 Å². The van der Waals surface area contributed by atoms with E-state index in [1.54, 1.807) is 0 Å². The van der Waals surface area contributed by atoms with Gasteiger partial charge in [0.1, 0.15) is 0 Å². The van der Waals surface area contributed by atoms with Crippen molar-refractivity contribution in [1.29, 1.82) is 0 Å². The molecule has 1 rings (SSSR count). The van der Waals surface area contributed by atoms with Gasteiger partial charge in [-0.05, 0) is 46.2 Å². The van der Waals surface area contributed by atoms with Crippen molar-refractivity contribution in [3.05, 3.63) is 0 Å². The molecule has 1 aliphatic rings. The molecule has 3 heteroatoms.